The summed E-state index contributed by atoms with van der Waals surface area (Å²) in [4.78, 5) is 1.64. The van der Waals surface area contributed by atoms with Crippen LogP contribution in [0.15, 0.2) is 35.5 Å². The van der Waals surface area contributed by atoms with Crippen molar-refractivity contribution in [3.8, 4) is 0 Å². The normalized spacial score (nSPS) is 36.4. The minimum absolute atomic E-state index is 0.240. The maximum absolute atomic E-state index is 10.2. The first-order chi connectivity index (χ1) is 15.5. The Morgan fingerprint density at radius 2 is 2.03 bits per heavy atom. The second-order valence-electron chi connectivity index (χ2n) is 11.4. The van der Waals surface area contributed by atoms with Crippen LogP contribution in [0.5, 0.6) is 0 Å². The van der Waals surface area contributed by atoms with E-state index < -0.39 is 17.8 Å². The maximum atomic E-state index is 10.2. The van der Waals surface area contributed by atoms with Gasteiger partial charge in [0.05, 0.1) is 18.8 Å². The lowest BCUT2D eigenvalue weighted by atomic mass is 9.61. The van der Waals surface area contributed by atoms with Crippen molar-refractivity contribution in [1.82, 2.24) is 20.2 Å². The highest BCUT2D eigenvalue weighted by Gasteiger charge is 2.50. The topological polar surface area (TPSA) is 104 Å². The first-order valence-corrected chi connectivity index (χ1v) is 12.4. The number of allylic oxidation sites excluding steroid dienone is 3. The highest BCUT2D eigenvalue weighted by molar-refractivity contribution is 5.38. The molecule has 1 aromatic heterocycles. The zero-order valence-corrected chi connectivity index (χ0v) is 20.5. The number of nitrogens with zero attached hydrogens (tertiary/aromatic N) is 4. The van der Waals surface area contributed by atoms with E-state index in [0.717, 1.165) is 17.6 Å². The van der Waals surface area contributed by atoms with Gasteiger partial charge >= 0.3 is 0 Å². The summed E-state index contributed by atoms with van der Waals surface area (Å²) in [5.74, 6) is 1.90. The van der Waals surface area contributed by atoms with Gasteiger partial charge in [-0.3, -0.25) is 0 Å². The lowest BCUT2D eigenvalue weighted by Crippen LogP contribution is -2.37. The van der Waals surface area contributed by atoms with Gasteiger partial charge in [0.15, 0.2) is 0 Å². The van der Waals surface area contributed by atoms with E-state index in [1.165, 1.54) is 31.3 Å². The first kappa shape index (κ1) is 24.3. The molecule has 0 amide bonds. The minimum Gasteiger partial charge on any atom is -0.393 e. The van der Waals surface area contributed by atoms with Crippen LogP contribution in [0, 0.1) is 23.2 Å². The number of fused-ring (bicyclic) bond motifs is 1. The van der Waals surface area contributed by atoms with Crippen LogP contribution in [0.2, 0.25) is 0 Å². The average molecular weight is 457 g/mol. The van der Waals surface area contributed by atoms with Crippen molar-refractivity contribution in [2.45, 2.75) is 97.0 Å². The van der Waals surface area contributed by atoms with Crippen LogP contribution in [0.4, 0.5) is 0 Å². The zero-order valence-electron chi connectivity index (χ0n) is 20.5. The zero-order chi connectivity index (χ0) is 24.0. The molecule has 0 saturated heterocycles. The second kappa shape index (κ2) is 9.08. The summed E-state index contributed by atoms with van der Waals surface area (Å²) in [6, 6.07) is 0. The van der Waals surface area contributed by atoms with Crippen LogP contribution >= 0.6 is 0 Å². The average Bonchev–Trinajstić information content (AvgIpc) is 3.33. The predicted molar refractivity (Wildman–Crippen MR) is 127 cm³/mol. The molecule has 0 spiro atoms. The summed E-state index contributed by atoms with van der Waals surface area (Å²) in [5, 5.41) is 43.0. The molecule has 3 aliphatic carbocycles. The molecule has 0 unspecified atom stereocenters. The fourth-order valence-corrected chi connectivity index (χ4v) is 6.63. The highest BCUT2D eigenvalue weighted by Crippen LogP contribution is 2.59. The third kappa shape index (κ3) is 4.86. The Bertz CT molecular complexity index is 944. The van der Waals surface area contributed by atoms with Gasteiger partial charge in [-0.1, -0.05) is 38.2 Å². The van der Waals surface area contributed by atoms with Crippen LogP contribution in [-0.4, -0.2) is 47.7 Å². The summed E-state index contributed by atoms with van der Waals surface area (Å²) in [7, 11) is 0. The summed E-state index contributed by atoms with van der Waals surface area (Å²) >= 11 is 0. The number of aliphatic hydroxyl groups is 3. The van der Waals surface area contributed by atoms with Crippen molar-refractivity contribution in [1.29, 1.82) is 0 Å². The molecule has 3 fully saturated rings. The van der Waals surface area contributed by atoms with Crippen molar-refractivity contribution < 1.29 is 15.3 Å². The molecule has 1 aromatic rings. The quantitative estimate of drug-likeness (QED) is 0.624. The van der Waals surface area contributed by atoms with Crippen LogP contribution in [-0.2, 0) is 12.1 Å². The molecule has 0 aromatic carbocycles. The number of tetrazole rings is 1. The Balaban J connectivity index is 1.49. The number of hydrogen-bond donors (Lipinski definition) is 3. The van der Waals surface area contributed by atoms with Crippen LogP contribution in [0.1, 0.15) is 78.5 Å². The van der Waals surface area contributed by atoms with Crippen LogP contribution < -0.4 is 0 Å². The Kier molecular flexibility index (Phi) is 6.69. The van der Waals surface area contributed by atoms with Crippen molar-refractivity contribution >= 4 is 0 Å². The first-order valence-electron chi connectivity index (χ1n) is 12.4. The molecule has 0 aliphatic heterocycles. The predicted octanol–water partition coefficient (Wildman–Crippen LogP) is 3.68. The lowest BCUT2D eigenvalue weighted by Gasteiger charge is -2.44. The van der Waals surface area contributed by atoms with Gasteiger partial charge in [-0.05, 0) is 91.9 Å². The Morgan fingerprint density at radius 3 is 2.73 bits per heavy atom. The van der Waals surface area contributed by atoms with E-state index in [4.69, 9.17) is 0 Å². The van der Waals surface area contributed by atoms with Crippen molar-refractivity contribution in [2.24, 2.45) is 23.2 Å². The summed E-state index contributed by atoms with van der Waals surface area (Å²) in [6.45, 7) is 12.9. The van der Waals surface area contributed by atoms with Gasteiger partial charge in [0, 0.05) is 6.42 Å². The molecule has 7 heteroatoms. The third-order valence-electron chi connectivity index (χ3n) is 8.44. The van der Waals surface area contributed by atoms with Gasteiger partial charge in [0.25, 0.3) is 0 Å². The molecule has 182 valence electrons. The Labute approximate surface area is 197 Å². The number of rotatable bonds is 5. The third-order valence-corrected chi connectivity index (χ3v) is 8.44. The highest BCUT2D eigenvalue weighted by atomic mass is 16.3. The summed E-state index contributed by atoms with van der Waals surface area (Å²) < 4.78 is 0. The van der Waals surface area contributed by atoms with Crippen molar-refractivity contribution in [3.05, 3.63) is 41.3 Å². The number of hydrogen-bond acceptors (Lipinski definition) is 6. The fourth-order valence-electron chi connectivity index (χ4n) is 6.63. The smallest absolute Gasteiger partial charge is 0.205 e. The molecule has 0 bridgehead atoms. The van der Waals surface area contributed by atoms with E-state index in [9.17, 15) is 15.3 Å². The van der Waals surface area contributed by atoms with E-state index >= 15 is 0 Å². The van der Waals surface area contributed by atoms with Gasteiger partial charge in [0.2, 0.25) is 5.82 Å². The Hall–Kier alpha value is -1.83. The molecule has 6 atom stereocenters. The monoisotopic (exact) mass is 456 g/mol. The number of aromatic nitrogens is 4. The van der Waals surface area contributed by atoms with Crippen LogP contribution in [0.25, 0.3) is 0 Å². The maximum Gasteiger partial charge on any atom is 0.205 e. The molecule has 3 aliphatic rings. The molecule has 3 N–H and O–H groups in total. The van der Waals surface area contributed by atoms with Crippen molar-refractivity contribution in [3.63, 3.8) is 0 Å². The van der Waals surface area contributed by atoms with E-state index in [0.29, 0.717) is 43.0 Å². The van der Waals surface area contributed by atoms with Gasteiger partial charge in [0.1, 0.15) is 5.60 Å². The van der Waals surface area contributed by atoms with Gasteiger partial charge in [-0.15, -0.1) is 10.2 Å². The summed E-state index contributed by atoms with van der Waals surface area (Å²) in [6.07, 6.45) is 10.1. The molecule has 1 heterocycles. The van der Waals surface area contributed by atoms with E-state index in [-0.39, 0.29) is 5.41 Å². The van der Waals surface area contributed by atoms with E-state index in [1.807, 2.05) is 0 Å². The van der Waals surface area contributed by atoms with Gasteiger partial charge in [-0.2, -0.15) is 4.80 Å². The summed E-state index contributed by atoms with van der Waals surface area (Å²) in [5.41, 5.74) is 2.38. The Morgan fingerprint density at radius 1 is 1.27 bits per heavy atom. The molecule has 33 heavy (non-hydrogen) atoms. The largest absolute Gasteiger partial charge is 0.393 e. The fraction of sp³-hybridized carbons (Fsp3) is 0.731. The SMILES string of the molecule is C=C1/C(=C\C=C2/CCC[C@]3(C)[C@@H]([C@H](C)Cn4nnc(C(C)(C)O)n4)CC[C@@H]23)C[C@@H](O)C[C@@H]1O. The van der Waals surface area contributed by atoms with E-state index in [2.05, 4.69) is 48.0 Å². The molecule has 3 saturated carbocycles. The van der Waals surface area contributed by atoms with Gasteiger partial charge < -0.3 is 15.3 Å². The molecular formula is C26H40N4O3. The standard InChI is InChI=1S/C26H40N4O3/c1-16(15-30-28-24(27-29-30)25(3,4)33)21-10-11-22-18(7-6-12-26(21,22)5)8-9-19-13-20(31)14-23(32)17(19)2/h8-9,16,20-23,31-33H,2,6-7,10-15H2,1,3-5H3/b18-8+,19-9-/t16-,20-,21-,22+,23+,26-/m1/s1. The molecular weight excluding hydrogens is 416 g/mol. The molecule has 7 nitrogen and oxygen atoms in total. The lowest BCUT2D eigenvalue weighted by molar-refractivity contribution is 0.0672. The second-order valence-corrected chi connectivity index (χ2v) is 11.4. The van der Waals surface area contributed by atoms with Crippen LogP contribution in [0.3, 0.4) is 0 Å². The van der Waals surface area contributed by atoms with E-state index in [1.54, 1.807) is 18.6 Å². The number of aliphatic hydroxyl groups excluding tert-OH is 2. The molecule has 0 radical (unpaired) electrons. The molecule has 4 rings (SSSR count). The van der Waals surface area contributed by atoms with Gasteiger partial charge in [-0.25, -0.2) is 0 Å². The minimum atomic E-state index is -1.08. The van der Waals surface area contributed by atoms with Crippen molar-refractivity contribution in [2.75, 3.05) is 0 Å².